The van der Waals surface area contributed by atoms with Gasteiger partial charge in [-0.1, -0.05) is 41.9 Å². The molecule has 0 spiro atoms. The first-order valence-corrected chi connectivity index (χ1v) is 11.4. The van der Waals surface area contributed by atoms with Crippen LogP contribution < -0.4 is 4.74 Å². The highest BCUT2D eigenvalue weighted by atomic mass is 35.5. The van der Waals surface area contributed by atoms with Crippen LogP contribution in [-0.4, -0.2) is 28.7 Å². The van der Waals surface area contributed by atoms with Crippen molar-refractivity contribution in [3.05, 3.63) is 100.0 Å². The lowest BCUT2D eigenvalue weighted by molar-refractivity contribution is -0.274. The van der Waals surface area contributed by atoms with Gasteiger partial charge >= 0.3 is 12.5 Å². The van der Waals surface area contributed by atoms with Gasteiger partial charge < -0.3 is 14.6 Å². The van der Waals surface area contributed by atoms with Gasteiger partial charge in [-0.3, -0.25) is 4.79 Å². The van der Waals surface area contributed by atoms with Crippen LogP contribution in [0.4, 0.5) is 30.7 Å². The fraction of sp³-hybridized carbons (Fsp3) is 0.192. The molecule has 3 aromatic carbocycles. The first-order valence-electron chi connectivity index (χ1n) is 11.1. The van der Waals surface area contributed by atoms with Crippen LogP contribution in [0, 0.1) is 5.82 Å². The van der Waals surface area contributed by atoms with E-state index < -0.39 is 35.6 Å². The largest absolute Gasteiger partial charge is 0.573 e. The smallest absolute Gasteiger partial charge is 0.406 e. The van der Waals surface area contributed by atoms with E-state index in [9.17, 15) is 31.1 Å². The minimum Gasteiger partial charge on any atom is -0.406 e. The number of hydrogen-bond acceptors (Lipinski definition) is 2. The molecule has 12 heteroatoms. The summed E-state index contributed by atoms with van der Waals surface area (Å²) >= 11 is 5.99. The van der Waals surface area contributed by atoms with Gasteiger partial charge in [0.25, 0.3) is 5.91 Å². The predicted octanol–water partition coefficient (Wildman–Crippen LogP) is 7.76. The summed E-state index contributed by atoms with van der Waals surface area (Å²) in [5.41, 5.74) is -0.388. The van der Waals surface area contributed by atoms with Gasteiger partial charge in [0, 0.05) is 24.7 Å². The normalized spacial score (nSPS) is 12.1. The van der Waals surface area contributed by atoms with Gasteiger partial charge in [0.15, 0.2) is 5.82 Å². The number of carbonyl (C=O) groups excluding carboxylic acids is 1. The number of nitrogens with zero attached hydrogens (tertiary/aromatic N) is 1. The number of nitrogens with one attached hydrogen (secondary N) is 1. The van der Waals surface area contributed by atoms with Crippen LogP contribution in [0.2, 0.25) is 5.02 Å². The van der Waals surface area contributed by atoms with Gasteiger partial charge in [0.1, 0.15) is 11.3 Å². The molecule has 4 rings (SSSR count). The van der Waals surface area contributed by atoms with E-state index in [0.29, 0.717) is 10.9 Å². The summed E-state index contributed by atoms with van der Waals surface area (Å²) in [5, 5.41) is 0.165. The summed E-state index contributed by atoms with van der Waals surface area (Å²) in [6.07, 6.45) is -7.97. The maximum Gasteiger partial charge on any atom is 0.573 e. The number of H-pyrrole nitrogens is 1. The van der Waals surface area contributed by atoms with E-state index in [2.05, 4.69) is 9.72 Å². The molecule has 1 aromatic heterocycles. The molecule has 0 aliphatic heterocycles. The highest BCUT2D eigenvalue weighted by Gasteiger charge is 2.32. The Hall–Kier alpha value is -3.73. The molecule has 0 unspecified atom stereocenters. The lowest BCUT2D eigenvalue weighted by atomic mass is 10.1. The molecule has 1 amide bonds. The van der Waals surface area contributed by atoms with Crippen molar-refractivity contribution in [2.75, 3.05) is 6.54 Å². The maximum absolute atomic E-state index is 15.1. The van der Waals surface area contributed by atoms with Crippen molar-refractivity contribution < 1.29 is 40.3 Å². The van der Waals surface area contributed by atoms with Gasteiger partial charge in [0.2, 0.25) is 0 Å². The molecule has 0 saturated carbocycles. The van der Waals surface area contributed by atoms with Gasteiger partial charge in [-0.25, -0.2) is 4.39 Å². The lowest BCUT2D eigenvalue weighted by Crippen LogP contribution is -2.33. The highest BCUT2D eigenvalue weighted by molar-refractivity contribution is 6.32. The van der Waals surface area contributed by atoms with Gasteiger partial charge in [-0.15, -0.1) is 13.2 Å². The molecule has 1 N–H and O–H groups in total. The maximum atomic E-state index is 15.1. The number of halogens is 8. The fourth-order valence-electron chi connectivity index (χ4n) is 3.94. The van der Waals surface area contributed by atoms with Crippen LogP contribution >= 0.6 is 11.6 Å². The first kappa shape index (κ1) is 27.3. The van der Waals surface area contributed by atoms with Crippen LogP contribution in [-0.2, 0) is 19.1 Å². The molecule has 0 radical (unpaired) electrons. The van der Waals surface area contributed by atoms with Crippen molar-refractivity contribution in [3.63, 3.8) is 0 Å². The Kier molecular flexibility index (Phi) is 7.59. The zero-order valence-electron chi connectivity index (χ0n) is 19.3. The monoisotopic (exact) mass is 558 g/mol. The number of ether oxygens (including phenoxy) is 1. The second kappa shape index (κ2) is 10.6. The predicted molar refractivity (Wildman–Crippen MR) is 126 cm³/mol. The molecule has 4 nitrogen and oxygen atoms in total. The second-order valence-electron chi connectivity index (χ2n) is 8.36. The van der Waals surface area contributed by atoms with Crippen LogP contribution in [0.5, 0.6) is 5.75 Å². The third-order valence-electron chi connectivity index (χ3n) is 5.70. The number of alkyl halides is 6. The van der Waals surface area contributed by atoms with Crippen molar-refractivity contribution >= 4 is 28.4 Å². The molecule has 4 aromatic rings. The van der Waals surface area contributed by atoms with Crippen molar-refractivity contribution in [1.82, 2.24) is 9.88 Å². The van der Waals surface area contributed by atoms with Crippen molar-refractivity contribution in [3.8, 4) is 5.75 Å². The van der Waals surface area contributed by atoms with Gasteiger partial charge in [-0.05, 0) is 47.9 Å². The average Bonchev–Trinajstić information content (AvgIpc) is 3.29. The molecule has 1 heterocycles. The zero-order valence-corrected chi connectivity index (χ0v) is 20.0. The van der Waals surface area contributed by atoms with Gasteiger partial charge in [0.05, 0.1) is 16.1 Å². The Labute approximate surface area is 216 Å². The highest BCUT2D eigenvalue weighted by Crippen LogP contribution is 2.31. The quantitative estimate of drug-likeness (QED) is 0.236. The number of amides is 1. The standard InChI is InChI=1S/C26H18ClF7N2O2/c27-20-13-17-8-10-35-23(17)21(22(20)28)24(37)36(11-9-15-2-1-3-18(12-15)25(29,30)31)14-16-4-6-19(7-5-16)38-26(32,33)34/h1-8,10,12-13,35H,9,11,14H2. The first-order chi connectivity index (χ1) is 17.8. The van der Waals surface area contributed by atoms with E-state index >= 15 is 4.39 Å². The second-order valence-corrected chi connectivity index (χ2v) is 8.76. The Morgan fingerprint density at radius 2 is 1.66 bits per heavy atom. The van der Waals surface area contributed by atoms with Crippen molar-refractivity contribution in [2.24, 2.45) is 0 Å². The number of benzene rings is 3. The van der Waals surface area contributed by atoms with Crippen LogP contribution in [0.15, 0.2) is 66.9 Å². The number of fused-ring (bicyclic) bond motifs is 1. The van der Waals surface area contributed by atoms with Gasteiger partial charge in [-0.2, -0.15) is 13.2 Å². The molecular weight excluding hydrogens is 541 g/mol. The molecule has 0 aliphatic carbocycles. The van der Waals surface area contributed by atoms with Crippen molar-refractivity contribution in [2.45, 2.75) is 25.5 Å². The molecule has 0 bridgehead atoms. The number of carbonyl (C=O) groups is 1. The molecule has 0 aliphatic rings. The van der Waals surface area contributed by atoms with E-state index in [4.69, 9.17) is 11.6 Å². The average molecular weight is 559 g/mol. The summed E-state index contributed by atoms with van der Waals surface area (Å²) < 4.78 is 95.8. The van der Waals surface area contributed by atoms with Crippen molar-refractivity contribution in [1.29, 1.82) is 0 Å². The number of rotatable bonds is 7. The van der Waals surface area contributed by atoms with E-state index in [1.165, 1.54) is 41.4 Å². The number of hydrogen-bond donors (Lipinski definition) is 1. The molecule has 200 valence electrons. The molecule has 0 fully saturated rings. The van der Waals surface area contributed by atoms with Crippen LogP contribution in [0.1, 0.15) is 27.0 Å². The van der Waals surface area contributed by atoms with Crippen LogP contribution in [0.25, 0.3) is 10.9 Å². The van der Waals surface area contributed by atoms with Crippen LogP contribution in [0.3, 0.4) is 0 Å². The van der Waals surface area contributed by atoms with E-state index in [1.54, 1.807) is 6.07 Å². The summed E-state index contributed by atoms with van der Waals surface area (Å²) in [4.78, 5) is 17.6. The third kappa shape index (κ3) is 6.39. The zero-order chi connectivity index (χ0) is 27.7. The summed E-state index contributed by atoms with van der Waals surface area (Å²) in [5.74, 6) is -2.26. The molecule has 38 heavy (non-hydrogen) atoms. The minimum absolute atomic E-state index is 0.0129. The fourth-order valence-corrected chi connectivity index (χ4v) is 4.15. The van der Waals surface area contributed by atoms with E-state index in [1.807, 2.05) is 0 Å². The molecule has 0 atom stereocenters. The van der Waals surface area contributed by atoms with E-state index in [-0.39, 0.29) is 41.2 Å². The Morgan fingerprint density at radius 1 is 0.947 bits per heavy atom. The minimum atomic E-state index is -4.89. The Balaban J connectivity index is 1.65. The lowest BCUT2D eigenvalue weighted by Gasteiger charge is -2.24. The SMILES string of the molecule is O=C(c1c(F)c(Cl)cc2cc[nH]c12)N(CCc1cccc(C(F)(F)F)c1)Cc1ccc(OC(F)(F)F)cc1. The number of aromatic amines is 1. The summed E-state index contributed by atoms with van der Waals surface area (Å²) in [7, 11) is 0. The third-order valence-corrected chi connectivity index (χ3v) is 5.97. The van der Waals surface area contributed by atoms with E-state index in [0.717, 1.165) is 24.3 Å². The summed E-state index contributed by atoms with van der Waals surface area (Å²) in [6, 6.07) is 12.2. The Bertz CT molecular complexity index is 1450. The molecule has 0 saturated heterocycles. The molecular formula is C26H18ClF7N2O2. The number of aromatic nitrogens is 1. The Morgan fingerprint density at radius 3 is 2.32 bits per heavy atom. The summed E-state index contributed by atoms with van der Waals surface area (Å²) in [6.45, 7) is -0.312. The topological polar surface area (TPSA) is 45.3 Å².